The minimum Gasteiger partial charge on any atom is -0.478 e. The number of hydrogen-bond acceptors (Lipinski definition) is 2. The van der Waals surface area contributed by atoms with Gasteiger partial charge in [0.05, 0.1) is 17.0 Å². The molecule has 0 unspecified atom stereocenters. The molecule has 0 amide bonds. The summed E-state index contributed by atoms with van der Waals surface area (Å²) in [7, 11) is 0. The van der Waals surface area contributed by atoms with Gasteiger partial charge in [-0.25, -0.2) is 9.78 Å². The number of rotatable bonds is 4. The molecule has 134 valence electrons. The van der Waals surface area contributed by atoms with Gasteiger partial charge in [0.15, 0.2) is 0 Å². The normalized spacial score (nSPS) is 10.2. The van der Waals surface area contributed by atoms with E-state index in [2.05, 4.69) is 4.98 Å². The Bertz CT molecular complexity index is 1000. The predicted molar refractivity (Wildman–Crippen MR) is 109 cm³/mol. The average Bonchev–Trinajstić information content (AvgIpc) is 3.15. The number of nitrogens with one attached hydrogen (secondary N) is 1. The molecule has 0 saturated carbocycles. The van der Waals surface area contributed by atoms with Crippen molar-refractivity contribution in [3.05, 3.63) is 90.5 Å². The number of nitrogens with zero attached hydrogens (tertiary/aromatic N) is 1. The maximum atomic E-state index is 11.6. The Morgan fingerprint density at radius 1 is 0.778 bits per heavy atom. The second-order valence-electron chi connectivity index (χ2n) is 5.89. The highest BCUT2D eigenvalue weighted by Crippen LogP contribution is 2.33. The first-order chi connectivity index (χ1) is 12.7. The van der Waals surface area contributed by atoms with Crippen molar-refractivity contribution >= 4 is 18.4 Å². The Kier molecular flexibility index (Phi) is 5.38. The Morgan fingerprint density at radius 2 is 1.33 bits per heavy atom. The number of aromatic carboxylic acids is 1. The molecular weight excluding hydrogens is 360 g/mol. The molecule has 3 aromatic carbocycles. The summed E-state index contributed by atoms with van der Waals surface area (Å²) in [4.78, 5) is 19.7. The molecule has 0 spiro atoms. The summed E-state index contributed by atoms with van der Waals surface area (Å²) in [5.74, 6) is -0.430. The number of benzene rings is 3. The van der Waals surface area contributed by atoms with Crippen LogP contribution in [0.2, 0.25) is 0 Å². The van der Waals surface area contributed by atoms with E-state index in [1.165, 1.54) is 0 Å². The SMILES string of the molecule is Cl.O=C(O)c1ccccc1-c1nc(-c2ccccc2)c(-c2ccccc2)[nH]1. The number of H-pyrrole nitrogens is 1. The summed E-state index contributed by atoms with van der Waals surface area (Å²) in [6.07, 6.45) is 0. The number of carboxylic acid groups (broad SMARTS) is 1. The fourth-order valence-electron chi connectivity index (χ4n) is 3.00. The molecule has 0 radical (unpaired) electrons. The lowest BCUT2D eigenvalue weighted by molar-refractivity contribution is 0.0697. The van der Waals surface area contributed by atoms with Gasteiger partial charge in [0.1, 0.15) is 5.82 Å². The zero-order valence-electron chi connectivity index (χ0n) is 14.3. The summed E-state index contributed by atoms with van der Waals surface area (Å²) in [6, 6.07) is 26.7. The van der Waals surface area contributed by atoms with Gasteiger partial charge in [0.25, 0.3) is 0 Å². The molecule has 0 saturated heterocycles. The number of halogens is 1. The minimum atomic E-state index is -0.973. The maximum absolute atomic E-state index is 11.6. The third-order valence-corrected chi connectivity index (χ3v) is 4.23. The molecule has 4 aromatic rings. The summed E-state index contributed by atoms with van der Waals surface area (Å²) >= 11 is 0. The second-order valence-corrected chi connectivity index (χ2v) is 5.89. The smallest absolute Gasteiger partial charge is 0.336 e. The largest absolute Gasteiger partial charge is 0.478 e. The zero-order chi connectivity index (χ0) is 17.9. The first kappa shape index (κ1) is 18.4. The lowest BCUT2D eigenvalue weighted by Gasteiger charge is -2.02. The van der Waals surface area contributed by atoms with Gasteiger partial charge in [-0.3, -0.25) is 0 Å². The number of carboxylic acids is 1. The molecule has 27 heavy (non-hydrogen) atoms. The van der Waals surface area contributed by atoms with Gasteiger partial charge < -0.3 is 10.1 Å². The van der Waals surface area contributed by atoms with Gasteiger partial charge in [-0.15, -0.1) is 12.4 Å². The molecule has 1 aromatic heterocycles. The van der Waals surface area contributed by atoms with Crippen LogP contribution in [0.4, 0.5) is 0 Å². The second kappa shape index (κ2) is 7.89. The van der Waals surface area contributed by atoms with E-state index in [0.29, 0.717) is 11.4 Å². The van der Waals surface area contributed by atoms with Crippen molar-refractivity contribution in [2.24, 2.45) is 0 Å². The topological polar surface area (TPSA) is 66.0 Å². The van der Waals surface area contributed by atoms with Crippen molar-refractivity contribution in [1.29, 1.82) is 0 Å². The highest BCUT2D eigenvalue weighted by molar-refractivity contribution is 5.95. The van der Waals surface area contributed by atoms with Crippen molar-refractivity contribution in [1.82, 2.24) is 9.97 Å². The first-order valence-electron chi connectivity index (χ1n) is 8.27. The number of carbonyl (C=O) groups is 1. The van der Waals surface area contributed by atoms with Gasteiger partial charge in [-0.05, 0) is 6.07 Å². The van der Waals surface area contributed by atoms with Crippen molar-refractivity contribution in [2.75, 3.05) is 0 Å². The molecule has 0 aliphatic carbocycles. The number of hydrogen-bond donors (Lipinski definition) is 2. The Hall–Kier alpha value is -3.37. The molecule has 4 nitrogen and oxygen atoms in total. The van der Waals surface area contributed by atoms with E-state index in [1.54, 1.807) is 18.2 Å². The summed E-state index contributed by atoms with van der Waals surface area (Å²) in [6.45, 7) is 0. The Balaban J connectivity index is 0.00000210. The molecule has 0 aliphatic rings. The molecule has 5 heteroatoms. The number of aromatic nitrogens is 2. The number of aromatic amines is 1. The van der Waals surface area contributed by atoms with Crippen molar-refractivity contribution in [2.45, 2.75) is 0 Å². The zero-order valence-corrected chi connectivity index (χ0v) is 15.1. The van der Waals surface area contributed by atoms with Crippen LogP contribution in [0.15, 0.2) is 84.9 Å². The highest BCUT2D eigenvalue weighted by Gasteiger charge is 2.18. The molecule has 0 atom stereocenters. The van der Waals surface area contributed by atoms with E-state index in [1.807, 2.05) is 66.7 Å². The van der Waals surface area contributed by atoms with E-state index in [9.17, 15) is 9.90 Å². The predicted octanol–water partition coefficient (Wildman–Crippen LogP) is 5.53. The Morgan fingerprint density at radius 3 is 1.96 bits per heavy atom. The highest BCUT2D eigenvalue weighted by atomic mass is 35.5. The van der Waals surface area contributed by atoms with Crippen LogP contribution < -0.4 is 0 Å². The van der Waals surface area contributed by atoms with Crippen LogP contribution in [0.25, 0.3) is 33.9 Å². The third kappa shape index (κ3) is 3.61. The standard InChI is InChI=1S/C22H16N2O2.ClH/c25-22(26)18-14-8-7-13-17(18)21-23-19(15-9-3-1-4-10-15)20(24-21)16-11-5-2-6-12-16;/h1-14H,(H,23,24)(H,25,26);1H. The molecule has 2 N–H and O–H groups in total. The molecule has 1 heterocycles. The monoisotopic (exact) mass is 376 g/mol. The van der Waals surface area contributed by atoms with Gasteiger partial charge in [0.2, 0.25) is 0 Å². The van der Waals surface area contributed by atoms with Crippen LogP contribution in [0.3, 0.4) is 0 Å². The van der Waals surface area contributed by atoms with Gasteiger partial charge >= 0.3 is 5.97 Å². The van der Waals surface area contributed by atoms with E-state index in [0.717, 1.165) is 22.5 Å². The van der Waals surface area contributed by atoms with Crippen LogP contribution in [-0.4, -0.2) is 21.0 Å². The van der Waals surface area contributed by atoms with Gasteiger partial charge in [-0.1, -0.05) is 78.9 Å². The first-order valence-corrected chi connectivity index (χ1v) is 8.27. The van der Waals surface area contributed by atoms with E-state index in [4.69, 9.17) is 4.98 Å². The fraction of sp³-hybridized carbons (Fsp3) is 0. The van der Waals surface area contributed by atoms with Gasteiger partial charge in [-0.2, -0.15) is 0 Å². The average molecular weight is 377 g/mol. The lowest BCUT2D eigenvalue weighted by atomic mass is 10.1. The van der Waals surface area contributed by atoms with Crippen molar-refractivity contribution in [3.8, 4) is 33.9 Å². The molecule has 0 aliphatic heterocycles. The third-order valence-electron chi connectivity index (χ3n) is 4.23. The lowest BCUT2D eigenvalue weighted by Crippen LogP contribution is -1.99. The van der Waals surface area contributed by atoms with Crippen molar-refractivity contribution in [3.63, 3.8) is 0 Å². The van der Waals surface area contributed by atoms with Crippen LogP contribution in [0.1, 0.15) is 10.4 Å². The number of imidazole rings is 1. The minimum absolute atomic E-state index is 0. The molecule has 0 fully saturated rings. The quantitative estimate of drug-likeness (QED) is 0.492. The van der Waals surface area contributed by atoms with Crippen LogP contribution in [0.5, 0.6) is 0 Å². The van der Waals surface area contributed by atoms with Gasteiger partial charge in [0, 0.05) is 16.7 Å². The van der Waals surface area contributed by atoms with Crippen LogP contribution in [-0.2, 0) is 0 Å². The Labute approximate surface area is 163 Å². The van der Waals surface area contributed by atoms with E-state index in [-0.39, 0.29) is 18.0 Å². The summed E-state index contributed by atoms with van der Waals surface area (Å²) in [5, 5.41) is 9.50. The van der Waals surface area contributed by atoms with Crippen LogP contribution >= 0.6 is 12.4 Å². The molecular formula is C22H17ClN2O2. The van der Waals surface area contributed by atoms with E-state index >= 15 is 0 Å². The molecule has 0 bridgehead atoms. The maximum Gasteiger partial charge on any atom is 0.336 e. The van der Waals surface area contributed by atoms with Crippen molar-refractivity contribution < 1.29 is 9.90 Å². The van der Waals surface area contributed by atoms with E-state index < -0.39 is 5.97 Å². The summed E-state index contributed by atoms with van der Waals surface area (Å²) in [5.41, 5.74) is 4.43. The fourth-order valence-corrected chi connectivity index (χ4v) is 3.00. The summed E-state index contributed by atoms with van der Waals surface area (Å²) < 4.78 is 0. The molecule has 4 rings (SSSR count). The van der Waals surface area contributed by atoms with Crippen LogP contribution in [0, 0.1) is 0 Å².